The lowest BCUT2D eigenvalue weighted by atomic mass is 10.3. The maximum atomic E-state index is 12.3. The summed E-state index contributed by atoms with van der Waals surface area (Å²) in [5, 5.41) is 2.50. The predicted molar refractivity (Wildman–Crippen MR) is 84.1 cm³/mol. The molecule has 9 nitrogen and oxygen atoms in total. The van der Waals surface area contributed by atoms with E-state index in [1.165, 1.54) is 16.7 Å². The number of nitrogens with two attached hydrogens (primary N) is 1. The highest BCUT2D eigenvalue weighted by Gasteiger charge is 2.30. The maximum Gasteiger partial charge on any atom is 0.273 e. The standard InChI is InChI=1S/C13H21N5O4S/c1-9-7-18(8-10(2)22-9)23(20,21)6-5-17-13(19)11-12(14)16-4-3-15-11/h3-4,9-10H,5-8H2,1-2H3,(H2,14,16)(H,17,19)/t9-,10-/m1/s1. The summed E-state index contributed by atoms with van der Waals surface area (Å²) in [6.07, 6.45) is 2.42. The van der Waals surface area contributed by atoms with Gasteiger partial charge >= 0.3 is 0 Å². The normalized spacial score (nSPS) is 22.7. The van der Waals surface area contributed by atoms with Crippen LogP contribution in [-0.4, -0.2) is 66.2 Å². The molecule has 1 amide bonds. The van der Waals surface area contributed by atoms with E-state index in [-0.39, 0.29) is 36.0 Å². The molecule has 0 spiro atoms. The maximum absolute atomic E-state index is 12.3. The van der Waals surface area contributed by atoms with Crippen molar-refractivity contribution in [3.63, 3.8) is 0 Å². The van der Waals surface area contributed by atoms with Crippen LogP contribution in [0.15, 0.2) is 12.4 Å². The van der Waals surface area contributed by atoms with Gasteiger partial charge in [-0.2, -0.15) is 4.31 Å². The van der Waals surface area contributed by atoms with Gasteiger partial charge in [0.05, 0.1) is 18.0 Å². The number of sulfonamides is 1. The molecule has 1 aromatic heterocycles. The number of nitrogen functional groups attached to an aromatic ring is 1. The van der Waals surface area contributed by atoms with Gasteiger partial charge in [-0.1, -0.05) is 0 Å². The number of carbonyl (C=O) groups excluding carboxylic acids is 1. The van der Waals surface area contributed by atoms with E-state index < -0.39 is 15.9 Å². The number of carbonyl (C=O) groups is 1. The summed E-state index contributed by atoms with van der Waals surface area (Å²) in [7, 11) is -3.47. The molecule has 2 heterocycles. The minimum Gasteiger partial charge on any atom is -0.382 e. The van der Waals surface area contributed by atoms with Gasteiger partial charge < -0.3 is 15.8 Å². The van der Waals surface area contributed by atoms with Crippen LogP contribution in [0.25, 0.3) is 0 Å². The third-order valence-corrected chi connectivity index (χ3v) is 5.17. The van der Waals surface area contributed by atoms with Crippen LogP contribution in [0.2, 0.25) is 0 Å². The summed E-state index contributed by atoms with van der Waals surface area (Å²) in [5.41, 5.74) is 5.54. The molecule has 1 aromatic rings. The second-order valence-corrected chi connectivity index (χ2v) is 7.52. The Kier molecular flexibility index (Phi) is 5.50. The number of nitrogens with zero attached hydrogens (tertiary/aromatic N) is 3. The van der Waals surface area contributed by atoms with Crippen molar-refractivity contribution >= 4 is 21.7 Å². The van der Waals surface area contributed by atoms with Crippen molar-refractivity contribution in [3.05, 3.63) is 18.1 Å². The molecule has 2 atom stereocenters. The summed E-state index contributed by atoms with van der Waals surface area (Å²) in [4.78, 5) is 19.5. The molecule has 10 heteroatoms. The summed E-state index contributed by atoms with van der Waals surface area (Å²) < 4.78 is 31.6. The number of nitrogens with one attached hydrogen (secondary N) is 1. The van der Waals surface area contributed by atoms with Crippen LogP contribution in [0.3, 0.4) is 0 Å². The molecule has 0 unspecified atom stereocenters. The summed E-state index contributed by atoms with van der Waals surface area (Å²) >= 11 is 0. The van der Waals surface area contributed by atoms with Gasteiger partial charge in [0.25, 0.3) is 5.91 Å². The van der Waals surface area contributed by atoms with Crippen molar-refractivity contribution in [2.45, 2.75) is 26.1 Å². The zero-order chi connectivity index (χ0) is 17.0. The molecule has 23 heavy (non-hydrogen) atoms. The highest BCUT2D eigenvalue weighted by molar-refractivity contribution is 7.89. The Balaban J connectivity index is 1.90. The number of ether oxygens (including phenoxy) is 1. The van der Waals surface area contributed by atoms with E-state index >= 15 is 0 Å². The van der Waals surface area contributed by atoms with Crippen LogP contribution < -0.4 is 11.1 Å². The number of morpholine rings is 1. The number of amides is 1. The van der Waals surface area contributed by atoms with Gasteiger partial charge in [-0.15, -0.1) is 0 Å². The van der Waals surface area contributed by atoms with E-state index in [0.29, 0.717) is 13.1 Å². The molecule has 1 saturated heterocycles. The molecule has 1 fully saturated rings. The van der Waals surface area contributed by atoms with Gasteiger partial charge in [-0.3, -0.25) is 4.79 Å². The average Bonchev–Trinajstić information content (AvgIpc) is 2.46. The van der Waals surface area contributed by atoms with Crippen molar-refractivity contribution in [1.82, 2.24) is 19.6 Å². The Morgan fingerprint density at radius 2 is 1.96 bits per heavy atom. The third kappa shape index (κ3) is 4.60. The zero-order valence-electron chi connectivity index (χ0n) is 13.1. The summed E-state index contributed by atoms with van der Waals surface area (Å²) in [6, 6.07) is 0. The molecule has 0 aromatic carbocycles. The number of rotatable bonds is 5. The second kappa shape index (κ2) is 7.20. The Morgan fingerprint density at radius 3 is 2.57 bits per heavy atom. The number of hydrogen-bond acceptors (Lipinski definition) is 7. The van der Waals surface area contributed by atoms with E-state index in [0.717, 1.165) is 0 Å². The van der Waals surface area contributed by atoms with E-state index in [4.69, 9.17) is 10.5 Å². The van der Waals surface area contributed by atoms with Crippen molar-refractivity contribution in [2.24, 2.45) is 0 Å². The highest BCUT2D eigenvalue weighted by Crippen LogP contribution is 2.14. The van der Waals surface area contributed by atoms with Crippen molar-refractivity contribution < 1.29 is 17.9 Å². The molecule has 1 aliphatic rings. The first-order valence-electron chi connectivity index (χ1n) is 7.27. The van der Waals surface area contributed by atoms with Gasteiger partial charge in [0.15, 0.2) is 11.5 Å². The van der Waals surface area contributed by atoms with E-state index in [1.54, 1.807) is 0 Å². The summed E-state index contributed by atoms with van der Waals surface area (Å²) in [5.74, 6) is -0.739. The second-order valence-electron chi connectivity index (χ2n) is 5.44. The smallest absolute Gasteiger partial charge is 0.273 e. The van der Waals surface area contributed by atoms with Crippen LogP contribution >= 0.6 is 0 Å². The number of anilines is 1. The molecular formula is C13H21N5O4S. The predicted octanol–water partition coefficient (Wildman–Crippen LogP) is -0.772. The Morgan fingerprint density at radius 1 is 1.35 bits per heavy atom. The Bertz CT molecular complexity index is 656. The lowest BCUT2D eigenvalue weighted by molar-refractivity contribution is -0.0440. The van der Waals surface area contributed by atoms with E-state index in [2.05, 4.69) is 15.3 Å². The van der Waals surface area contributed by atoms with Crippen LogP contribution in [0.5, 0.6) is 0 Å². The fourth-order valence-electron chi connectivity index (χ4n) is 2.39. The van der Waals surface area contributed by atoms with Gasteiger partial charge in [0.2, 0.25) is 10.0 Å². The minimum atomic E-state index is -3.47. The van der Waals surface area contributed by atoms with Gasteiger partial charge in [-0.05, 0) is 13.8 Å². The van der Waals surface area contributed by atoms with Crippen LogP contribution in [0, 0.1) is 0 Å². The molecule has 2 rings (SSSR count). The molecule has 128 valence electrons. The number of hydrogen-bond donors (Lipinski definition) is 2. The minimum absolute atomic E-state index is 0.00341. The monoisotopic (exact) mass is 343 g/mol. The molecule has 1 aliphatic heterocycles. The summed E-state index contributed by atoms with van der Waals surface area (Å²) in [6.45, 7) is 4.26. The van der Waals surface area contributed by atoms with Crippen molar-refractivity contribution in [3.8, 4) is 0 Å². The van der Waals surface area contributed by atoms with Gasteiger partial charge in [0.1, 0.15) is 0 Å². The zero-order valence-corrected chi connectivity index (χ0v) is 13.9. The largest absolute Gasteiger partial charge is 0.382 e. The first-order valence-corrected chi connectivity index (χ1v) is 8.88. The first kappa shape index (κ1) is 17.6. The molecule has 3 N–H and O–H groups in total. The van der Waals surface area contributed by atoms with Crippen molar-refractivity contribution in [2.75, 3.05) is 31.1 Å². The fourth-order valence-corrected chi connectivity index (χ4v) is 3.88. The van der Waals surface area contributed by atoms with Crippen molar-refractivity contribution in [1.29, 1.82) is 0 Å². The topological polar surface area (TPSA) is 128 Å². The van der Waals surface area contributed by atoms with Crippen LogP contribution in [0.1, 0.15) is 24.3 Å². The quantitative estimate of drug-likeness (QED) is 0.718. The molecule has 0 radical (unpaired) electrons. The average molecular weight is 343 g/mol. The van der Waals surface area contributed by atoms with Gasteiger partial charge in [0, 0.05) is 32.0 Å². The molecule has 0 aliphatic carbocycles. The van der Waals surface area contributed by atoms with Crippen LogP contribution in [0.4, 0.5) is 5.82 Å². The molecule has 0 saturated carbocycles. The molecule has 0 bridgehead atoms. The third-order valence-electron chi connectivity index (χ3n) is 3.37. The molecular weight excluding hydrogens is 322 g/mol. The van der Waals surface area contributed by atoms with E-state index in [1.807, 2.05) is 13.8 Å². The Hall–Kier alpha value is -1.78. The Labute approximate surface area is 135 Å². The SMILES string of the molecule is C[C@@H]1CN(S(=O)(=O)CCNC(=O)c2nccnc2N)C[C@@H](C)O1. The fraction of sp³-hybridized carbons (Fsp3) is 0.615. The number of aromatic nitrogens is 2. The van der Waals surface area contributed by atoms with Gasteiger partial charge in [-0.25, -0.2) is 18.4 Å². The van der Waals surface area contributed by atoms with E-state index in [9.17, 15) is 13.2 Å². The lowest BCUT2D eigenvalue weighted by Gasteiger charge is -2.34. The lowest BCUT2D eigenvalue weighted by Crippen LogP contribution is -2.49. The van der Waals surface area contributed by atoms with Crippen LogP contribution in [-0.2, 0) is 14.8 Å². The highest BCUT2D eigenvalue weighted by atomic mass is 32.2. The first-order chi connectivity index (χ1) is 10.8.